The first-order chi connectivity index (χ1) is 12.2. The van der Waals surface area contributed by atoms with Crippen LogP contribution in [-0.2, 0) is 19.6 Å². The lowest BCUT2D eigenvalue weighted by Gasteiger charge is -2.23. The summed E-state index contributed by atoms with van der Waals surface area (Å²) >= 11 is 0. The van der Waals surface area contributed by atoms with Crippen molar-refractivity contribution in [1.29, 1.82) is 0 Å². The monoisotopic (exact) mass is 381 g/mol. The molecular weight excluding hydrogens is 354 g/mol. The van der Waals surface area contributed by atoms with Crippen LogP contribution in [0.4, 0.5) is 0 Å². The van der Waals surface area contributed by atoms with Crippen LogP contribution >= 0.6 is 0 Å². The lowest BCUT2D eigenvalue weighted by molar-refractivity contribution is -0.124. The summed E-state index contributed by atoms with van der Waals surface area (Å²) in [6.45, 7) is 6.12. The van der Waals surface area contributed by atoms with E-state index in [4.69, 9.17) is 0 Å². The van der Waals surface area contributed by atoms with Crippen molar-refractivity contribution in [3.8, 4) is 0 Å². The van der Waals surface area contributed by atoms with Crippen molar-refractivity contribution < 1.29 is 18.0 Å². The molecule has 7 nitrogen and oxygen atoms in total. The minimum atomic E-state index is -3.71. The molecule has 26 heavy (non-hydrogen) atoms. The Hall–Kier alpha value is -1.93. The molecule has 144 valence electrons. The molecule has 1 heterocycles. The van der Waals surface area contributed by atoms with Crippen LogP contribution in [0.15, 0.2) is 29.2 Å². The van der Waals surface area contributed by atoms with Crippen molar-refractivity contribution in [2.24, 2.45) is 0 Å². The number of nitrogens with zero attached hydrogens (tertiary/aromatic N) is 1. The van der Waals surface area contributed by atoms with E-state index < -0.39 is 16.1 Å². The fourth-order valence-electron chi connectivity index (χ4n) is 2.95. The van der Waals surface area contributed by atoms with Crippen molar-refractivity contribution in [1.82, 2.24) is 14.9 Å². The topological polar surface area (TPSA) is 95.6 Å². The Labute approximate surface area is 155 Å². The standard InChI is InChI=1S/C18H27N3O4S/c1-13(2)20-17(22)10-11-19-18(23)16-5-4-12-21(16)26(24,25)15-8-6-14(3)7-9-15/h6-9,13,16H,4-5,10-12H2,1-3H3,(H,19,23)(H,20,22)/t16-/m0/s1. The zero-order valence-electron chi connectivity index (χ0n) is 15.5. The highest BCUT2D eigenvalue weighted by Gasteiger charge is 2.39. The van der Waals surface area contributed by atoms with Gasteiger partial charge in [0.25, 0.3) is 0 Å². The quantitative estimate of drug-likeness (QED) is 0.741. The van der Waals surface area contributed by atoms with E-state index in [1.165, 1.54) is 4.31 Å². The van der Waals surface area contributed by atoms with Crippen LogP contribution in [-0.4, -0.2) is 49.7 Å². The molecule has 2 rings (SSSR count). The van der Waals surface area contributed by atoms with Crippen LogP contribution in [0, 0.1) is 6.92 Å². The maximum absolute atomic E-state index is 12.8. The summed E-state index contributed by atoms with van der Waals surface area (Å²) < 4.78 is 27.0. The predicted octanol–water partition coefficient (Wildman–Crippen LogP) is 1.18. The number of amides is 2. The first kappa shape index (κ1) is 20.4. The SMILES string of the molecule is Cc1ccc(S(=O)(=O)N2CCC[C@H]2C(=O)NCCC(=O)NC(C)C)cc1. The maximum Gasteiger partial charge on any atom is 0.243 e. The van der Waals surface area contributed by atoms with Gasteiger partial charge in [-0.25, -0.2) is 8.42 Å². The number of rotatable bonds is 7. The van der Waals surface area contributed by atoms with Crippen molar-refractivity contribution >= 4 is 21.8 Å². The second kappa shape index (κ2) is 8.64. The van der Waals surface area contributed by atoms with Gasteiger partial charge in [-0.2, -0.15) is 4.31 Å². The largest absolute Gasteiger partial charge is 0.354 e. The Morgan fingerprint density at radius 1 is 1.23 bits per heavy atom. The number of aryl methyl sites for hydroxylation is 1. The Balaban J connectivity index is 1.99. The van der Waals surface area contributed by atoms with Gasteiger partial charge in [-0.15, -0.1) is 0 Å². The Bertz CT molecular complexity index is 744. The van der Waals surface area contributed by atoms with Gasteiger partial charge in [0.15, 0.2) is 0 Å². The zero-order chi connectivity index (χ0) is 19.3. The molecule has 0 saturated carbocycles. The van der Waals surface area contributed by atoms with Gasteiger partial charge in [-0.3, -0.25) is 9.59 Å². The van der Waals surface area contributed by atoms with E-state index in [9.17, 15) is 18.0 Å². The molecule has 0 aromatic heterocycles. The third-order valence-corrected chi connectivity index (χ3v) is 6.16. The van der Waals surface area contributed by atoms with Gasteiger partial charge in [0.2, 0.25) is 21.8 Å². The molecule has 8 heteroatoms. The van der Waals surface area contributed by atoms with E-state index in [0.29, 0.717) is 19.4 Å². The molecule has 1 atom stereocenters. The highest BCUT2D eigenvalue weighted by Crippen LogP contribution is 2.26. The molecule has 1 aliphatic rings. The summed E-state index contributed by atoms with van der Waals surface area (Å²) in [6.07, 6.45) is 1.29. The molecule has 1 aromatic rings. The summed E-state index contributed by atoms with van der Waals surface area (Å²) in [5, 5.41) is 5.43. The molecule has 1 saturated heterocycles. The highest BCUT2D eigenvalue weighted by atomic mass is 32.2. The number of hydrogen-bond donors (Lipinski definition) is 2. The zero-order valence-corrected chi connectivity index (χ0v) is 16.3. The van der Waals surface area contributed by atoms with E-state index in [0.717, 1.165) is 5.56 Å². The molecule has 0 radical (unpaired) electrons. The summed E-state index contributed by atoms with van der Waals surface area (Å²) in [5.74, 6) is -0.494. The summed E-state index contributed by atoms with van der Waals surface area (Å²) in [5.41, 5.74) is 0.972. The second-order valence-corrected chi connectivity index (χ2v) is 8.74. The maximum atomic E-state index is 12.8. The third kappa shape index (κ3) is 5.04. The Kier molecular flexibility index (Phi) is 6.77. The van der Waals surface area contributed by atoms with Crippen molar-refractivity contribution in [2.75, 3.05) is 13.1 Å². The number of sulfonamides is 1. The van der Waals surface area contributed by atoms with Gasteiger partial charge >= 0.3 is 0 Å². The number of carbonyl (C=O) groups excluding carboxylic acids is 2. The first-order valence-corrected chi connectivity index (χ1v) is 10.3. The van der Waals surface area contributed by atoms with E-state index in [-0.39, 0.29) is 35.7 Å². The van der Waals surface area contributed by atoms with Gasteiger partial charge in [-0.05, 0) is 45.7 Å². The molecular formula is C18H27N3O4S. The van der Waals surface area contributed by atoms with E-state index in [2.05, 4.69) is 10.6 Å². The Morgan fingerprint density at radius 3 is 2.50 bits per heavy atom. The average molecular weight is 381 g/mol. The van der Waals surface area contributed by atoms with Crippen molar-refractivity contribution in [3.63, 3.8) is 0 Å². The van der Waals surface area contributed by atoms with E-state index >= 15 is 0 Å². The minimum Gasteiger partial charge on any atom is -0.354 e. The third-order valence-electron chi connectivity index (χ3n) is 4.23. The number of benzene rings is 1. The lowest BCUT2D eigenvalue weighted by atomic mass is 10.2. The summed E-state index contributed by atoms with van der Waals surface area (Å²) in [4.78, 5) is 24.3. The predicted molar refractivity (Wildman–Crippen MR) is 99.0 cm³/mol. The van der Waals surface area contributed by atoms with E-state index in [1.807, 2.05) is 20.8 Å². The fourth-order valence-corrected chi connectivity index (χ4v) is 4.60. The fraction of sp³-hybridized carbons (Fsp3) is 0.556. The lowest BCUT2D eigenvalue weighted by Crippen LogP contribution is -2.46. The van der Waals surface area contributed by atoms with Crippen molar-refractivity contribution in [2.45, 2.75) is 57.0 Å². The number of hydrogen-bond acceptors (Lipinski definition) is 4. The van der Waals surface area contributed by atoms with Gasteiger partial charge in [-0.1, -0.05) is 17.7 Å². The van der Waals surface area contributed by atoms with Crippen molar-refractivity contribution in [3.05, 3.63) is 29.8 Å². The second-order valence-electron chi connectivity index (χ2n) is 6.85. The summed E-state index contributed by atoms with van der Waals surface area (Å²) in [6, 6.07) is 5.93. The Morgan fingerprint density at radius 2 is 1.88 bits per heavy atom. The highest BCUT2D eigenvalue weighted by molar-refractivity contribution is 7.89. The molecule has 1 fully saturated rings. The van der Waals surface area contributed by atoms with Gasteiger partial charge in [0, 0.05) is 25.6 Å². The van der Waals surface area contributed by atoms with Crippen LogP contribution < -0.4 is 10.6 Å². The molecule has 0 aliphatic carbocycles. The smallest absolute Gasteiger partial charge is 0.243 e. The molecule has 2 amide bonds. The van der Waals surface area contributed by atoms with Crippen LogP contribution in [0.3, 0.4) is 0 Å². The van der Waals surface area contributed by atoms with Crippen LogP contribution in [0.1, 0.15) is 38.7 Å². The molecule has 0 spiro atoms. The van der Waals surface area contributed by atoms with E-state index in [1.54, 1.807) is 24.3 Å². The molecule has 2 N–H and O–H groups in total. The average Bonchev–Trinajstić information content (AvgIpc) is 3.05. The van der Waals surface area contributed by atoms with Gasteiger partial charge in [0.05, 0.1) is 4.90 Å². The van der Waals surface area contributed by atoms with Gasteiger partial charge in [0.1, 0.15) is 6.04 Å². The summed E-state index contributed by atoms with van der Waals surface area (Å²) in [7, 11) is -3.71. The van der Waals surface area contributed by atoms with Gasteiger partial charge < -0.3 is 10.6 Å². The van der Waals surface area contributed by atoms with Crippen LogP contribution in [0.5, 0.6) is 0 Å². The normalized spacial score (nSPS) is 18.1. The first-order valence-electron chi connectivity index (χ1n) is 8.87. The molecule has 0 unspecified atom stereocenters. The molecule has 0 bridgehead atoms. The molecule has 1 aromatic carbocycles. The number of nitrogens with one attached hydrogen (secondary N) is 2. The van der Waals surface area contributed by atoms with Crippen LogP contribution in [0.2, 0.25) is 0 Å². The molecule has 1 aliphatic heterocycles. The number of carbonyl (C=O) groups is 2. The van der Waals surface area contributed by atoms with Crippen LogP contribution in [0.25, 0.3) is 0 Å². The minimum absolute atomic E-state index is 0.0446.